The van der Waals surface area contributed by atoms with Gasteiger partial charge in [-0.15, -0.1) is 0 Å². The van der Waals surface area contributed by atoms with Gasteiger partial charge in [0.2, 0.25) is 23.3 Å². The van der Waals surface area contributed by atoms with Gasteiger partial charge >= 0.3 is 59.9 Å². The van der Waals surface area contributed by atoms with E-state index in [1.807, 2.05) is 103 Å². The van der Waals surface area contributed by atoms with Crippen molar-refractivity contribution in [1.82, 2.24) is 0 Å². The fourth-order valence-electron chi connectivity index (χ4n) is 5.79. The van der Waals surface area contributed by atoms with Gasteiger partial charge in [0, 0.05) is 5.57 Å². The molecule has 5 aromatic rings. The molecule has 0 N–H and O–H groups in total. The van der Waals surface area contributed by atoms with Crippen molar-refractivity contribution < 1.29 is 126 Å². The molecule has 1 aliphatic rings. The molecule has 0 atom stereocenters. The Morgan fingerprint density at radius 3 is 0.922 bits per heavy atom. The summed E-state index contributed by atoms with van der Waals surface area (Å²) in [7, 11) is 2.18. The van der Waals surface area contributed by atoms with Crippen LogP contribution in [0.25, 0.3) is 16.7 Å². The van der Waals surface area contributed by atoms with Gasteiger partial charge in [-0.1, -0.05) is 234 Å². The number of methoxy groups -OCH3 is 2. The number of carbonyl (C=O) groups is 10. The molecule has 0 aliphatic heterocycles. The number of rotatable bonds is 20. The summed E-state index contributed by atoms with van der Waals surface area (Å²) in [5.41, 5.74) is 3.72. The largest absolute Gasteiger partial charge is 0.522 e. The average Bonchev–Trinajstić information content (AvgIpc) is 0.912. The van der Waals surface area contributed by atoms with Gasteiger partial charge in [-0.3, -0.25) is 11.4 Å². The molecule has 0 radical (unpaired) electrons. The van der Waals surface area contributed by atoms with Crippen LogP contribution in [0.5, 0.6) is 0 Å². The van der Waals surface area contributed by atoms with Crippen LogP contribution in [0.4, 0.5) is 30.7 Å². The summed E-state index contributed by atoms with van der Waals surface area (Å²) in [6.45, 7) is 56.3. The van der Waals surface area contributed by atoms with Gasteiger partial charge in [-0.25, -0.2) is 43.2 Å². The first-order valence-corrected chi connectivity index (χ1v) is 33.1. The minimum atomic E-state index is -4.72. The molecule has 128 heavy (non-hydrogen) atoms. The Labute approximate surface area is 690 Å². The van der Waals surface area contributed by atoms with E-state index in [1.165, 1.54) is 16.7 Å². The number of benzene rings is 5. The number of aryl methyl sites for hydroxylation is 1. The standard InChI is InChI=1S/C12H10.C11H11O2.C9H12FO2.C7H8.C6H6F3O2.C6H6NO2.C6H9O2.C6H6.C5H6ClO2.C5H6FO2.C5H6O2.2C4H5FO2.2CH3.11Rf/c1-3-7-11(8-4-1)12-9-5-2-6-10-12;1-3-13-11(12)9(2)10-7-5-4-6-8-10;1-7(10)9(11)12-8-5-3-2-4-6-8;1-7-5-3-2-4-6-7;1-3-11-5(10)4(2)6(7,8)9;1-3-9-6(8)5(2)4-7;1-4-8-6(7)5(2)3;1-2-4-6-5-3-1;2*1-3-8-5(7)4(2)6;1-3-5(6)7-4-2;2*1-3(5)4(6)7-2;;;;;;;;;;;;;/h1-10H;4-8H,1-3H2;2,8H,1,3-6H2;2-6H,1H3;1-3H2;1-3H2;1-2,4H2,3H3;1-6H;2*1-3H2;1-2,4H2;2*1H2,2H3;2*1H3;;;;;;;;;;;/q;2*-1;;3*-1;;2*-1;-2;;;2*-1;;;;;;;;;;;. The molecule has 0 spiro atoms. The monoisotopic (exact) mass is 4600 g/mol. The molecule has 21 nitrogen and oxygen atoms in total. The van der Waals surface area contributed by atoms with Crippen molar-refractivity contribution in [3.05, 3.63) is 356 Å². The van der Waals surface area contributed by atoms with Crippen LogP contribution in [0.15, 0.2) is 269 Å². The molecule has 1 fully saturated rings. The maximum atomic E-state index is 12.2. The average molecular weight is 4600 g/mol. The van der Waals surface area contributed by atoms with Crippen LogP contribution in [-0.4, -0.2) is 132 Å². The van der Waals surface area contributed by atoms with E-state index < -0.39 is 88.8 Å². The van der Waals surface area contributed by atoms with Crippen molar-refractivity contribution in [2.75, 3.05) is 60.5 Å². The van der Waals surface area contributed by atoms with Gasteiger partial charge in [0.1, 0.15) is 28.2 Å². The number of halogens is 8. The number of esters is 10. The molecule has 0 amide bonds. The second kappa shape index (κ2) is 99.6. The third-order valence-corrected chi connectivity index (χ3v) is 11.2. The minimum absolute atomic E-state index is 0. The van der Waals surface area contributed by atoms with Crippen LogP contribution in [-0.2, 0) is 95.3 Å². The maximum Gasteiger partial charge on any atom is 0.422 e. The summed E-state index contributed by atoms with van der Waals surface area (Å²) < 4.78 is 124. The van der Waals surface area contributed by atoms with Crippen LogP contribution < -0.4 is 0 Å². The third-order valence-electron chi connectivity index (χ3n) is 11.1. The number of nitriles is 1. The summed E-state index contributed by atoms with van der Waals surface area (Å²) in [4.78, 5) is 103. The summed E-state index contributed by atoms with van der Waals surface area (Å²) in [6, 6.07) is 53.8. The van der Waals surface area contributed by atoms with Crippen LogP contribution in [0, 0.1) is 94.1 Å². The number of hydrogen-bond acceptors (Lipinski definition) is 21. The van der Waals surface area contributed by atoms with E-state index in [1.54, 1.807) is 13.0 Å². The quantitative estimate of drug-likeness (QED) is 0.0175. The van der Waals surface area contributed by atoms with E-state index in [9.17, 15) is 78.7 Å². The zero-order valence-corrected chi connectivity index (χ0v) is 146. The van der Waals surface area contributed by atoms with Crippen molar-refractivity contribution in [2.24, 2.45) is 0 Å². The van der Waals surface area contributed by atoms with Crippen LogP contribution in [0.3, 0.4) is 0 Å². The summed E-state index contributed by atoms with van der Waals surface area (Å²) in [5, 5.41) is 7.94. The van der Waals surface area contributed by atoms with Crippen molar-refractivity contribution in [3.63, 3.8) is 0 Å². The molecule has 1 aliphatic carbocycles. The van der Waals surface area contributed by atoms with E-state index in [4.69, 9.17) is 26.3 Å². The van der Waals surface area contributed by atoms with Gasteiger partial charge in [0.05, 0.1) is 25.9 Å². The van der Waals surface area contributed by atoms with Gasteiger partial charge in [0.15, 0.2) is 0 Å². The Morgan fingerprint density at radius 1 is 0.430 bits per heavy atom. The molecule has 6 rings (SSSR count). The van der Waals surface area contributed by atoms with Gasteiger partial charge < -0.3 is 123 Å². The number of carbonyl (C=O) groups excluding carboxylic acids is 10. The molecule has 0 unspecified atom stereocenters. The van der Waals surface area contributed by atoms with E-state index in [0.717, 1.165) is 45.5 Å². The van der Waals surface area contributed by atoms with Crippen molar-refractivity contribution in [3.8, 4) is 17.2 Å². The van der Waals surface area contributed by atoms with Crippen molar-refractivity contribution in [1.29, 1.82) is 5.26 Å². The Bertz CT molecular complexity index is 3660. The maximum absolute atomic E-state index is 12.2. The molecule has 1 saturated carbocycles. The number of alkyl halides is 3. The van der Waals surface area contributed by atoms with E-state index in [2.05, 4.69) is 226 Å². The number of nitrogens with zero attached hydrogens (tertiary/aromatic N) is 1. The third kappa shape index (κ3) is 94.9. The molecular formula is C88H102ClF7NO20Rf11-11. The minimum Gasteiger partial charge on any atom is -0.522 e. The fraction of sp³-hybridized carbons (Fsp3) is 0.193. The number of ether oxygens (including phenoxy) is 10. The zero-order valence-electron chi connectivity index (χ0n) is 74.4. The van der Waals surface area contributed by atoms with Crippen LogP contribution in [0.2, 0.25) is 0 Å². The topological polar surface area (TPSA) is 287 Å². The van der Waals surface area contributed by atoms with E-state index in [-0.39, 0.29) is 83.8 Å². The van der Waals surface area contributed by atoms with Gasteiger partial charge in [-0.05, 0) is 89.6 Å². The molecule has 668 valence electrons. The first-order chi connectivity index (χ1) is 54.1. The Balaban J connectivity index is -0.0000000547. The first kappa shape index (κ1) is 157. The van der Waals surface area contributed by atoms with Gasteiger partial charge in [0.25, 0.3) is 0 Å². The second-order valence-electron chi connectivity index (χ2n) is 19.8. The Morgan fingerprint density at radius 2 is 0.703 bits per heavy atom. The molecule has 0 heterocycles. The molecule has 5 aromatic carbocycles. The summed E-state index contributed by atoms with van der Waals surface area (Å²) in [5.74, 6) is -12.3. The molecule has 40 heteroatoms. The summed E-state index contributed by atoms with van der Waals surface area (Å²) in [6.07, 6.45) is 2.82. The van der Waals surface area contributed by atoms with Crippen molar-refractivity contribution >= 4 is 76.9 Å². The van der Waals surface area contributed by atoms with Crippen LogP contribution >= 0.6 is 11.6 Å². The number of hydrogen-bond donors (Lipinski definition) is 0. The Hall–Kier alpha value is -23.5. The van der Waals surface area contributed by atoms with E-state index >= 15 is 0 Å². The molecule has 0 saturated heterocycles. The molecule has 0 aromatic heterocycles. The zero-order chi connectivity index (χ0) is 89.7. The van der Waals surface area contributed by atoms with E-state index in [0.29, 0.717) is 11.1 Å². The Kier molecular flexibility index (Phi) is 122. The van der Waals surface area contributed by atoms with Crippen LogP contribution in [0.1, 0.15) is 43.7 Å². The van der Waals surface area contributed by atoms with Crippen molar-refractivity contribution in [2.45, 2.75) is 51.8 Å². The molecular weight excluding hydrogens is 4500 g/mol. The van der Waals surface area contributed by atoms with Gasteiger partial charge in [-0.2, -0.15) is 48.8 Å². The molecule has 0 bridgehead atoms. The second-order valence-corrected chi connectivity index (χ2v) is 20.3. The predicted octanol–water partition coefficient (Wildman–Crippen LogP) is 18.6. The smallest absolute Gasteiger partial charge is 0.422 e. The SMILES string of the molecule is C=C(C#N)C(=O)OC[CH2-].C=C(C(=O)OC[CH2-])C(F)(F)F.C=C(C(=O)OC[CH2-])c1ccccc1.C=C(C)C(=O)OC[CH2-].C=C(Cl)C(=O)OC[CH2-].C=C(F)C(=O)OC.C=C(F)C(=O)OC.C=C(F)C(=O)OC1CC[CH-]CC1.C=C(F)C(=O)OC[CH2-].C=[C-]C(=O)OC[CH2-].Cc1ccccc1.[CH3-].[CH3-].[Rf].[Rf].[Rf].[Rf].[Rf].[Rf].[Rf].[Rf].[Rf].[Rf].[Rf].c1ccc(-c2ccccc2)cc1.c1ccccc1. The normalized spacial score (nSPS) is 8.73. The first-order valence-electron chi connectivity index (χ1n) is 32.7. The summed E-state index contributed by atoms with van der Waals surface area (Å²) >= 11 is 5.11. The fourth-order valence-corrected chi connectivity index (χ4v) is 5.85. The predicted molar refractivity (Wildman–Crippen MR) is 438 cm³/mol.